The van der Waals surface area contributed by atoms with Crippen LogP contribution in [0.25, 0.3) is 0 Å². The van der Waals surface area contributed by atoms with Gasteiger partial charge in [-0.15, -0.1) is 0 Å². The van der Waals surface area contributed by atoms with Crippen LogP contribution in [0.15, 0.2) is 18.2 Å². The van der Waals surface area contributed by atoms with Crippen LogP contribution in [0.3, 0.4) is 0 Å². The Balaban J connectivity index is 1.83. The molecule has 1 aliphatic rings. The maximum Gasteiger partial charge on any atom is 0.329 e. The van der Waals surface area contributed by atoms with Crippen molar-refractivity contribution in [2.45, 2.75) is 6.42 Å². The Bertz CT molecular complexity index is 556. The largest absolute Gasteiger partial charge is 0.480 e. The second kappa shape index (κ2) is 6.16. The van der Waals surface area contributed by atoms with Gasteiger partial charge in [-0.3, -0.25) is 9.59 Å². The van der Waals surface area contributed by atoms with Gasteiger partial charge in [-0.05, 0) is 17.7 Å². The maximum absolute atomic E-state index is 11.8. The van der Waals surface area contributed by atoms with E-state index in [1.807, 2.05) is 0 Å². The normalized spacial score (nSPS) is 12.7. The van der Waals surface area contributed by atoms with Gasteiger partial charge in [0.05, 0.1) is 13.0 Å². The lowest BCUT2D eigenvalue weighted by Gasteiger charge is -2.06. The van der Waals surface area contributed by atoms with Gasteiger partial charge in [-0.25, -0.2) is 4.79 Å². The van der Waals surface area contributed by atoms with E-state index in [9.17, 15) is 14.4 Å². The third kappa shape index (κ3) is 3.55. The summed E-state index contributed by atoms with van der Waals surface area (Å²) in [6.07, 6.45) is 0.334. The zero-order valence-electron chi connectivity index (χ0n) is 10.6. The number of hydrogen-bond donors (Lipinski definition) is 3. The molecule has 1 aliphatic heterocycles. The zero-order chi connectivity index (χ0) is 14.5. The molecule has 0 radical (unpaired) electrons. The van der Waals surface area contributed by atoms with Crippen LogP contribution in [0, 0.1) is 0 Å². The average molecular weight is 278 g/mol. The van der Waals surface area contributed by atoms with Crippen LogP contribution in [0.1, 0.15) is 15.9 Å². The standard InChI is InChI=1S/C13H14N2O5/c16-11-6-8-1-2-9(5-10(8)15-11)13(19)14-3-4-20-7-12(17)18/h1-2,5H,3-4,6-7H2,(H,14,19)(H,15,16)(H,17,18). The molecule has 0 bridgehead atoms. The van der Waals surface area contributed by atoms with E-state index < -0.39 is 5.97 Å². The summed E-state index contributed by atoms with van der Waals surface area (Å²) in [4.78, 5) is 33.2. The van der Waals surface area contributed by atoms with Crippen LogP contribution in [0.5, 0.6) is 0 Å². The number of carbonyl (C=O) groups is 3. The predicted molar refractivity (Wildman–Crippen MR) is 69.6 cm³/mol. The highest BCUT2D eigenvalue weighted by atomic mass is 16.5. The van der Waals surface area contributed by atoms with E-state index in [0.29, 0.717) is 17.7 Å². The molecule has 0 spiro atoms. The quantitative estimate of drug-likeness (QED) is 0.636. The number of amides is 2. The molecule has 1 aromatic rings. The van der Waals surface area contributed by atoms with E-state index in [2.05, 4.69) is 10.6 Å². The third-order valence-electron chi connectivity index (χ3n) is 2.75. The lowest BCUT2D eigenvalue weighted by Crippen LogP contribution is -2.28. The lowest BCUT2D eigenvalue weighted by molar-refractivity contribution is -0.142. The van der Waals surface area contributed by atoms with Crippen LogP contribution >= 0.6 is 0 Å². The van der Waals surface area contributed by atoms with Gasteiger partial charge in [0.25, 0.3) is 5.91 Å². The Morgan fingerprint density at radius 1 is 1.40 bits per heavy atom. The number of fused-ring (bicyclic) bond motifs is 1. The van der Waals surface area contributed by atoms with Gasteiger partial charge in [0.2, 0.25) is 5.91 Å². The van der Waals surface area contributed by atoms with Gasteiger partial charge in [0.15, 0.2) is 0 Å². The number of carboxylic acid groups (broad SMARTS) is 1. The summed E-state index contributed by atoms with van der Waals surface area (Å²) in [5.74, 6) is -1.43. The molecule has 2 amide bonds. The summed E-state index contributed by atoms with van der Waals surface area (Å²) >= 11 is 0. The second-order valence-electron chi connectivity index (χ2n) is 4.30. The molecule has 1 heterocycles. The molecule has 0 aromatic heterocycles. The molecule has 2 rings (SSSR count). The van der Waals surface area contributed by atoms with E-state index in [4.69, 9.17) is 9.84 Å². The van der Waals surface area contributed by atoms with Crippen molar-refractivity contribution < 1.29 is 24.2 Å². The Morgan fingerprint density at radius 2 is 2.20 bits per heavy atom. The van der Waals surface area contributed by atoms with Crippen LogP contribution in [-0.2, 0) is 20.7 Å². The number of hydrogen-bond acceptors (Lipinski definition) is 4. The van der Waals surface area contributed by atoms with Crippen LogP contribution in [0.4, 0.5) is 5.69 Å². The highest BCUT2D eigenvalue weighted by Gasteiger charge is 2.18. The van der Waals surface area contributed by atoms with E-state index in [0.717, 1.165) is 5.56 Å². The molecule has 0 atom stereocenters. The Kier molecular flexibility index (Phi) is 4.31. The van der Waals surface area contributed by atoms with Gasteiger partial charge < -0.3 is 20.5 Å². The van der Waals surface area contributed by atoms with Gasteiger partial charge >= 0.3 is 5.97 Å². The molecule has 3 N–H and O–H groups in total. The monoisotopic (exact) mass is 278 g/mol. The first-order valence-corrected chi connectivity index (χ1v) is 6.07. The smallest absolute Gasteiger partial charge is 0.329 e. The first-order valence-electron chi connectivity index (χ1n) is 6.07. The van der Waals surface area contributed by atoms with Gasteiger partial charge in [0, 0.05) is 17.8 Å². The number of aliphatic carboxylic acids is 1. The Labute approximate surface area is 114 Å². The molecule has 0 aliphatic carbocycles. The van der Waals surface area contributed by atoms with Gasteiger partial charge in [-0.2, -0.15) is 0 Å². The van der Waals surface area contributed by atoms with Crippen molar-refractivity contribution in [2.24, 2.45) is 0 Å². The number of carbonyl (C=O) groups excluding carboxylic acids is 2. The molecule has 1 aromatic carbocycles. The van der Waals surface area contributed by atoms with Crippen molar-refractivity contribution in [3.8, 4) is 0 Å². The highest BCUT2D eigenvalue weighted by Crippen LogP contribution is 2.23. The van der Waals surface area contributed by atoms with Crippen molar-refractivity contribution in [3.63, 3.8) is 0 Å². The summed E-state index contributed by atoms with van der Waals surface area (Å²) in [6.45, 7) is -0.0456. The molecule has 0 fully saturated rings. The molecule has 106 valence electrons. The summed E-state index contributed by atoms with van der Waals surface area (Å²) in [5.41, 5.74) is 1.96. The SMILES string of the molecule is O=C(O)COCCNC(=O)c1ccc2c(c1)NC(=O)C2. The lowest BCUT2D eigenvalue weighted by atomic mass is 10.1. The molecule has 7 heteroatoms. The van der Waals surface area contributed by atoms with E-state index in [1.54, 1.807) is 18.2 Å². The third-order valence-corrected chi connectivity index (χ3v) is 2.75. The number of rotatable bonds is 6. The minimum atomic E-state index is -1.05. The van der Waals surface area contributed by atoms with Crippen LogP contribution in [-0.4, -0.2) is 42.6 Å². The Morgan fingerprint density at radius 3 is 2.95 bits per heavy atom. The van der Waals surface area contributed by atoms with E-state index in [1.165, 1.54) is 0 Å². The fraction of sp³-hybridized carbons (Fsp3) is 0.308. The maximum atomic E-state index is 11.8. The molecule has 0 saturated carbocycles. The minimum absolute atomic E-state index is 0.0837. The molecule has 20 heavy (non-hydrogen) atoms. The van der Waals surface area contributed by atoms with Crippen molar-refractivity contribution >= 4 is 23.5 Å². The number of carboxylic acids is 1. The van der Waals surface area contributed by atoms with E-state index in [-0.39, 0.29) is 31.6 Å². The predicted octanol–water partition coefficient (Wildman–Crippen LogP) is 0.0122. The highest BCUT2D eigenvalue weighted by molar-refractivity contribution is 6.02. The molecule has 0 unspecified atom stereocenters. The molecular formula is C13H14N2O5. The first-order chi connectivity index (χ1) is 9.56. The number of nitrogens with one attached hydrogen (secondary N) is 2. The fourth-order valence-corrected chi connectivity index (χ4v) is 1.85. The molecule has 0 saturated heterocycles. The minimum Gasteiger partial charge on any atom is -0.480 e. The summed E-state index contributed by atoms with van der Waals surface area (Å²) in [6, 6.07) is 5.00. The molecule has 7 nitrogen and oxygen atoms in total. The van der Waals surface area contributed by atoms with Crippen molar-refractivity contribution in [3.05, 3.63) is 29.3 Å². The topological polar surface area (TPSA) is 105 Å². The first kappa shape index (κ1) is 14.0. The second-order valence-corrected chi connectivity index (χ2v) is 4.30. The summed E-state index contributed by atoms with van der Waals surface area (Å²) in [5, 5.41) is 13.6. The van der Waals surface area contributed by atoms with Gasteiger partial charge in [0.1, 0.15) is 6.61 Å². The van der Waals surface area contributed by atoms with Crippen molar-refractivity contribution in [2.75, 3.05) is 25.1 Å². The molecular weight excluding hydrogens is 264 g/mol. The zero-order valence-corrected chi connectivity index (χ0v) is 10.6. The number of anilines is 1. The number of benzene rings is 1. The summed E-state index contributed by atoms with van der Waals surface area (Å²) in [7, 11) is 0. The van der Waals surface area contributed by atoms with Gasteiger partial charge in [-0.1, -0.05) is 6.07 Å². The fourth-order valence-electron chi connectivity index (χ4n) is 1.85. The van der Waals surface area contributed by atoms with Crippen molar-refractivity contribution in [1.29, 1.82) is 0 Å². The Hall–Kier alpha value is -2.41. The number of ether oxygens (including phenoxy) is 1. The average Bonchev–Trinajstić information content (AvgIpc) is 2.76. The van der Waals surface area contributed by atoms with Crippen LogP contribution < -0.4 is 10.6 Å². The van der Waals surface area contributed by atoms with Crippen molar-refractivity contribution in [1.82, 2.24) is 5.32 Å². The summed E-state index contributed by atoms with van der Waals surface area (Å²) < 4.78 is 4.80. The van der Waals surface area contributed by atoms with Crippen LogP contribution in [0.2, 0.25) is 0 Å². The van der Waals surface area contributed by atoms with E-state index >= 15 is 0 Å².